The average Bonchev–Trinajstić information content (AvgIpc) is 3.62. The number of benzene rings is 6. The van der Waals surface area contributed by atoms with Gasteiger partial charge in [0.05, 0.1) is 11.4 Å². The summed E-state index contributed by atoms with van der Waals surface area (Å²) in [6, 6.07) is 38.9. The van der Waals surface area contributed by atoms with Crippen molar-refractivity contribution < 1.29 is 4.74 Å². The van der Waals surface area contributed by atoms with Crippen molar-refractivity contribution in [3.63, 3.8) is 0 Å². The highest BCUT2D eigenvalue weighted by Crippen LogP contribution is 2.55. The van der Waals surface area contributed by atoms with Crippen LogP contribution in [0.4, 0.5) is 17.1 Å². The Morgan fingerprint density at radius 1 is 0.633 bits per heavy atom. The zero-order chi connectivity index (χ0) is 33.1. The molecule has 11 rings (SSSR count). The number of hydrogen-bond acceptors (Lipinski definition) is 3. The van der Waals surface area contributed by atoms with Crippen molar-refractivity contribution in [2.24, 2.45) is 0 Å². The van der Waals surface area contributed by atoms with E-state index in [-0.39, 0.29) is 17.7 Å². The second kappa shape index (κ2) is 8.96. The Morgan fingerprint density at radius 2 is 1.39 bits per heavy atom. The summed E-state index contributed by atoms with van der Waals surface area (Å²) in [6.07, 6.45) is 0. The van der Waals surface area contributed by atoms with Crippen LogP contribution in [0, 0.1) is 0 Å². The van der Waals surface area contributed by atoms with Gasteiger partial charge in [0.1, 0.15) is 0 Å². The molecule has 0 N–H and O–H groups in total. The van der Waals surface area contributed by atoms with E-state index in [9.17, 15) is 0 Å². The lowest BCUT2D eigenvalue weighted by Crippen LogP contribution is -2.57. The SMILES string of the molecule is CC(C)(C)c1ccc2c(c1)c1cc(C(C)(C)C)cc3c1n2B1c2cccc4c2N(c2ccccc2O4)c2cc4c(sc5ccccc54)c-3c21. The van der Waals surface area contributed by atoms with Crippen LogP contribution in [0.25, 0.3) is 53.1 Å². The van der Waals surface area contributed by atoms with Crippen LogP contribution < -0.4 is 20.6 Å². The molecule has 0 amide bonds. The number of aromatic nitrogens is 1. The van der Waals surface area contributed by atoms with Crippen molar-refractivity contribution >= 4 is 88.2 Å². The normalized spacial score (nSPS) is 14.4. The molecule has 0 atom stereocenters. The molecule has 0 radical (unpaired) electrons. The van der Waals surface area contributed by atoms with Crippen LogP contribution in [0.5, 0.6) is 11.5 Å². The first-order valence-electron chi connectivity index (χ1n) is 17.4. The smallest absolute Gasteiger partial charge is 0.333 e. The van der Waals surface area contributed by atoms with E-state index in [1.54, 1.807) is 0 Å². The molecule has 5 heterocycles. The van der Waals surface area contributed by atoms with Crippen LogP contribution in [0.15, 0.2) is 103 Å². The summed E-state index contributed by atoms with van der Waals surface area (Å²) in [4.78, 5) is 2.50. The third-order valence-electron chi connectivity index (χ3n) is 11.2. The van der Waals surface area contributed by atoms with E-state index in [2.05, 4.69) is 154 Å². The Hall–Kier alpha value is -5.00. The fraction of sp³-hybridized carbons (Fsp3) is 0.182. The van der Waals surface area contributed by atoms with Gasteiger partial charge in [0.15, 0.2) is 11.5 Å². The molecular formula is C44H35BN2OS. The molecule has 6 aromatic carbocycles. The standard InChI is InChI=1S/C44H35BN2OS/c1-43(2,3)24-18-19-32-27(20-24)28-21-25(44(4,5)6)22-30-38-39-34(23-29-26-12-7-10-17-37(26)49-42(29)38)46-33-14-8-9-15-35(33)48-36-16-11-13-31(41(36)46)45(39)47(32)40(28)30/h7-23H,1-6H3. The minimum absolute atomic E-state index is 0.00634. The Labute approximate surface area is 290 Å². The highest BCUT2D eigenvalue weighted by Gasteiger charge is 2.46. The fourth-order valence-corrected chi connectivity index (χ4v) is 10.1. The molecule has 0 saturated heterocycles. The largest absolute Gasteiger partial charge is 0.453 e. The minimum atomic E-state index is -0.0175. The Morgan fingerprint density at radius 3 is 2.22 bits per heavy atom. The van der Waals surface area contributed by atoms with E-state index in [0.717, 1.165) is 22.9 Å². The van der Waals surface area contributed by atoms with E-state index in [4.69, 9.17) is 4.74 Å². The molecule has 236 valence electrons. The van der Waals surface area contributed by atoms with Gasteiger partial charge in [-0.15, -0.1) is 11.3 Å². The van der Waals surface area contributed by atoms with Gasteiger partial charge >= 0.3 is 6.85 Å². The highest BCUT2D eigenvalue weighted by molar-refractivity contribution is 7.26. The van der Waals surface area contributed by atoms with Gasteiger partial charge in [0, 0.05) is 58.8 Å². The van der Waals surface area contributed by atoms with Crippen LogP contribution in [0.2, 0.25) is 0 Å². The summed E-state index contributed by atoms with van der Waals surface area (Å²) in [6.45, 7) is 14.0. The summed E-state index contributed by atoms with van der Waals surface area (Å²) in [5.74, 6) is 1.81. The second-order valence-electron chi connectivity index (χ2n) is 16.2. The number of rotatable bonds is 0. The molecule has 3 aliphatic rings. The van der Waals surface area contributed by atoms with E-state index < -0.39 is 0 Å². The van der Waals surface area contributed by atoms with Gasteiger partial charge in [-0.3, -0.25) is 0 Å². The maximum absolute atomic E-state index is 6.69. The number of nitrogens with zero attached hydrogens (tertiary/aromatic N) is 2. The quantitative estimate of drug-likeness (QED) is 0.152. The third kappa shape index (κ3) is 3.49. The van der Waals surface area contributed by atoms with Crippen molar-refractivity contribution in [2.45, 2.75) is 52.4 Å². The monoisotopic (exact) mass is 650 g/mol. The maximum Gasteiger partial charge on any atom is 0.333 e. The topological polar surface area (TPSA) is 17.4 Å². The average molecular weight is 651 g/mol. The molecule has 5 heteroatoms. The Bertz CT molecular complexity index is 2790. The minimum Gasteiger partial charge on any atom is -0.453 e. The van der Waals surface area contributed by atoms with Gasteiger partial charge in [-0.1, -0.05) is 90.1 Å². The molecule has 3 aliphatic heterocycles. The summed E-state index contributed by atoms with van der Waals surface area (Å²) >= 11 is 1.95. The molecule has 0 saturated carbocycles. The lowest BCUT2D eigenvalue weighted by atomic mass is 9.45. The third-order valence-corrected chi connectivity index (χ3v) is 12.4. The molecule has 0 fully saturated rings. The number of fused-ring (bicyclic) bond motifs is 13. The van der Waals surface area contributed by atoms with Gasteiger partial charge in [-0.2, -0.15) is 0 Å². The first-order valence-corrected chi connectivity index (χ1v) is 18.2. The van der Waals surface area contributed by atoms with Gasteiger partial charge in [0.2, 0.25) is 0 Å². The van der Waals surface area contributed by atoms with Crippen molar-refractivity contribution in [1.82, 2.24) is 4.48 Å². The first-order chi connectivity index (χ1) is 23.6. The van der Waals surface area contributed by atoms with Crippen molar-refractivity contribution in [1.29, 1.82) is 0 Å². The van der Waals surface area contributed by atoms with Crippen LogP contribution >= 0.6 is 11.3 Å². The van der Waals surface area contributed by atoms with E-state index in [1.807, 2.05) is 11.3 Å². The molecule has 0 bridgehead atoms. The predicted octanol–water partition coefficient (Wildman–Crippen LogP) is 11.3. The summed E-state index contributed by atoms with van der Waals surface area (Å²) in [5, 5.41) is 5.34. The van der Waals surface area contributed by atoms with Gasteiger partial charge in [-0.25, -0.2) is 0 Å². The molecule has 0 spiro atoms. The highest BCUT2D eigenvalue weighted by atomic mass is 32.1. The van der Waals surface area contributed by atoms with Crippen molar-refractivity contribution in [2.75, 3.05) is 4.90 Å². The molecule has 8 aromatic rings. The number of ether oxygens (including phenoxy) is 1. The van der Waals surface area contributed by atoms with Crippen molar-refractivity contribution in [3.8, 4) is 22.6 Å². The second-order valence-corrected chi connectivity index (χ2v) is 17.2. The number of anilines is 3. The fourth-order valence-electron chi connectivity index (χ4n) is 8.85. The molecule has 2 aromatic heterocycles. The molecule has 0 aliphatic carbocycles. The molecule has 0 unspecified atom stereocenters. The van der Waals surface area contributed by atoms with Gasteiger partial charge < -0.3 is 14.1 Å². The van der Waals surface area contributed by atoms with Crippen molar-refractivity contribution in [3.05, 3.63) is 114 Å². The first kappa shape index (κ1) is 27.9. The van der Waals surface area contributed by atoms with E-state index >= 15 is 0 Å². The van der Waals surface area contributed by atoms with Crippen LogP contribution in [-0.4, -0.2) is 11.3 Å². The zero-order valence-corrected chi connectivity index (χ0v) is 29.4. The molecular weight excluding hydrogens is 615 g/mol. The number of thiophene rings is 1. The Balaban J connectivity index is 1.40. The van der Waals surface area contributed by atoms with E-state index in [0.29, 0.717) is 0 Å². The van der Waals surface area contributed by atoms with E-state index in [1.165, 1.54) is 80.8 Å². The van der Waals surface area contributed by atoms with Crippen LogP contribution in [0.1, 0.15) is 52.7 Å². The van der Waals surface area contributed by atoms with Crippen LogP contribution in [-0.2, 0) is 10.8 Å². The van der Waals surface area contributed by atoms with Gasteiger partial charge in [0.25, 0.3) is 0 Å². The summed E-state index contributed by atoms with van der Waals surface area (Å²) < 4.78 is 12.1. The number of para-hydroxylation sites is 3. The molecule has 3 nitrogen and oxygen atoms in total. The van der Waals surface area contributed by atoms with Crippen LogP contribution in [0.3, 0.4) is 0 Å². The number of hydrogen-bond donors (Lipinski definition) is 0. The predicted molar refractivity (Wildman–Crippen MR) is 210 cm³/mol. The maximum atomic E-state index is 6.69. The zero-order valence-electron chi connectivity index (χ0n) is 28.6. The Kier molecular flexibility index (Phi) is 5.10. The van der Waals surface area contributed by atoms with Gasteiger partial charge in [-0.05, 0) is 87.5 Å². The lowest BCUT2D eigenvalue weighted by Gasteiger charge is -2.43. The summed E-state index contributed by atoms with van der Waals surface area (Å²) in [5.41, 5.74) is 14.3. The molecule has 49 heavy (non-hydrogen) atoms. The lowest BCUT2D eigenvalue weighted by molar-refractivity contribution is 0.477. The summed E-state index contributed by atoms with van der Waals surface area (Å²) in [7, 11) is 0.